The number of rotatable bonds is 8. The summed E-state index contributed by atoms with van der Waals surface area (Å²) in [6, 6.07) is 21.7. The first-order valence-corrected chi connectivity index (χ1v) is 10.4. The van der Waals surface area contributed by atoms with E-state index >= 15 is 0 Å². The summed E-state index contributed by atoms with van der Waals surface area (Å²) in [5.74, 6) is 0.572. The fourth-order valence-electron chi connectivity index (χ4n) is 3.19. The number of nitrogens with one attached hydrogen (secondary N) is 1. The van der Waals surface area contributed by atoms with Gasteiger partial charge in [0.1, 0.15) is 12.4 Å². The molecule has 0 spiro atoms. The van der Waals surface area contributed by atoms with Crippen molar-refractivity contribution in [3.63, 3.8) is 0 Å². The van der Waals surface area contributed by atoms with Crippen molar-refractivity contribution in [2.24, 2.45) is 0 Å². The van der Waals surface area contributed by atoms with Gasteiger partial charge in [-0.15, -0.1) is 0 Å². The van der Waals surface area contributed by atoms with E-state index in [1.807, 2.05) is 42.5 Å². The Morgan fingerprint density at radius 2 is 1.79 bits per heavy atom. The summed E-state index contributed by atoms with van der Waals surface area (Å²) >= 11 is 3.62. The minimum atomic E-state index is -0.209. The van der Waals surface area contributed by atoms with Gasteiger partial charge in [-0.25, -0.2) is 0 Å². The van der Waals surface area contributed by atoms with Gasteiger partial charge in [-0.1, -0.05) is 55.5 Å². The highest BCUT2D eigenvalue weighted by Crippen LogP contribution is 2.38. The molecule has 3 aromatic carbocycles. The number of halogens is 1. The second kappa shape index (κ2) is 10.2. The van der Waals surface area contributed by atoms with Crippen LogP contribution in [0.25, 0.3) is 11.1 Å². The lowest BCUT2D eigenvalue weighted by molar-refractivity contribution is 0.0944. The predicted octanol–water partition coefficient (Wildman–Crippen LogP) is 4.98. The largest absolute Gasteiger partial charge is 0.487 e. The van der Waals surface area contributed by atoms with Crippen LogP contribution in [0.5, 0.6) is 5.75 Å². The average molecular weight is 454 g/mol. The first-order valence-electron chi connectivity index (χ1n) is 9.61. The first-order chi connectivity index (χ1) is 14.1. The molecular formula is C24H24BrNO3. The lowest BCUT2D eigenvalue weighted by atomic mass is 9.97. The molecule has 5 heteroatoms. The van der Waals surface area contributed by atoms with E-state index in [2.05, 4.69) is 46.4 Å². The third-order valence-corrected chi connectivity index (χ3v) is 5.25. The summed E-state index contributed by atoms with van der Waals surface area (Å²) in [5, 5.41) is 11.5. The zero-order valence-electron chi connectivity index (χ0n) is 16.3. The molecule has 29 heavy (non-hydrogen) atoms. The van der Waals surface area contributed by atoms with Gasteiger partial charge in [0.2, 0.25) is 0 Å². The molecule has 0 aliphatic carbocycles. The van der Waals surface area contributed by atoms with Crippen molar-refractivity contribution in [3.8, 4) is 16.9 Å². The van der Waals surface area contributed by atoms with Crippen LogP contribution in [0.2, 0.25) is 0 Å². The molecule has 1 amide bonds. The van der Waals surface area contributed by atoms with Crippen molar-refractivity contribution in [1.82, 2.24) is 5.32 Å². The number of aliphatic hydroxyl groups excluding tert-OH is 1. The van der Waals surface area contributed by atoms with Crippen molar-refractivity contribution >= 4 is 21.8 Å². The number of para-hydroxylation sites is 1. The van der Waals surface area contributed by atoms with Gasteiger partial charge in [-0.2, -0.15) is 0 Å². The molecule has 3 rings (SSSR count). The Bertz CT molecular complexity index is 987. The Balaban J connectivity index is 1.84. The SMILES string of the molecule is CCc1ccccc1-c1cccc(Br)c1OCc1cccc(C(=O)NCCO)c1. The lowest BCUT2D eigenvalue weighted by Crippen LogP contribution is -2.26. The minimum Gasteiger partial charge on any atom is -0.487 e. The molecule has 150 valence electrons. The highest BCUT2D eigenvalue weighted by atomic mass is 79.9. The topological polar surface area (TPSA) is 58.6 Å². The molecule has 0 saturated carbocycles. The second-order valence-electron chi connectivity index (χ2n) is 6.60. The van der Waals surface area contributed by atoms with E-state index in [1.54, 1.807) is 6.07 Å². The van der Waals surface area contributed by atoms with Crippen LogP contribution in [0.3, 0.4) is 0 Å². The number of carbonyl (C=O) groups excluding carboxylic acids is 1. The zero-order valence-corrected chi connectivity index (χ0v) is 17.9. The normalized spacial score (nSPS) is 10.6. The van der Waals surface area contributed by atoms with Crippen LogP contribution in [0, 0.1) is 0 Å². The standard InChI is InChI=1S/C24H24BrNO3/c1-2-18-8-3-4-10-20(18)21-11-6-12-22(25)23(21)29-16-17-7-5-9-19(15-17)24(28)26-13-14-27/h3-12,15,27H,2,13-14,16H2,1H3,(H,26,28). The van der Waals surface area contributed by atoms with Crippen LogP contribution in [-0.2, 0) is 13.0 Å². The van der Waals surface area contributed by atoms with E-state index < -0.39 is 0 Å². The molecule has 2 N–H and O–H groups in total. The van der Waals surface area contributed by atoms with Gasteiger partial charge < -0.3 is 15.2 Å². The Hall–Kier alpha value is -2.63. The Labute approximate surface area is 179 Å². The van der Waals surface area contributed by atoms with Gasteiger partial charge in [-0.3, -0.25) is 4.79 Å². The van der Waals surface area contributed by atoms with E-state index in [-0.39, 0.29) is 19.1 Å². The van der Waals surface area contributed by atoms with Crippen LogP contribution in [0.4, 0.5) is 0 Å². The van der Waals surface area contributed by atoms with Gasteiger partial charge in [0.05, 0.1) is 11.1 Å². The summed E-state index contributed by atoms with van der Waals surface area (Å²) in [4.78, 5) is 12.1. The van der Waals surface area contributed by atoms with Crippen LogP contribution in [0.1, 0.15) is 28.4 Å². The van der Waals surface area contributed by atoms with Crippen molar-refractivity contribution in [1.29, 1.82) is 0 Å². The fraction of sp³-hybridized carbons (Fsp3) is 0.208. The Morgan fingerprint density at radius 3 is 2.59 bits per heavy atom. The number of amides is 1. The summed E-state index contributed by atoms with van der Waals surface area (Å²) in [6.45, 7) is 2.63. The molecular weight excluding hydrogens is 430 g/mol. The molecule has 0 aliphatic rings. The Kier molecular flexibility index (Phi) is 7.44. The molecule has 0 heterocycles. The van der Waals surface area contributed by atoms with Gasteiger partial charge in [0.25, 0.3) is 5.91 Å². The maximum Gasteiger partial charge on any atom is 0.251 e. The number of aryl methyl sites for hydroxylation is 1. The van der Waals surface area contributed by atoms with Crippen molar-refractivity contribution in [2.75, 3.05) is 13.2 Å². The van der Waals surface area contributed by atoms with E-state index in [4.69, 9.17) is 9.84 Å². The maximum atomic E-state index is 12.1. The van der Waals surface area contributed by atoms with Crippen LogP contribution in [-0.4, -0.2) is 24.2 Å². The van der Waals surface area contributed by atoms with Crippen molar-refractivity contribution < 1.29 is 14.6 Å². The van der Waals surface area contributed by atoms with Crippen LogP contribution < -0.4 is 10.1 Å². The van der Waals surface area contributed by atoms with Crippen LogP contribution >= 0.6 is 15.9 Å². The summed E-state index contributed by atoms with van der Waals surface area (Å²) in [5.41, 5.74) is 4.89. The smallest absolute Gasteiger partial charge is 0.251 e. The molecule has 0 unspecified atom stereocenters. The summed E-state index contributed by atoms with van der Waals surface area (Å²) < 4.78 is 7.09. The fourth-order valence-corrected chi connectivity index (χ4v) is 3.67. The second-order valence-corrected chi connectivity index (χ2v) is 7.45. The van der Waals surface area contributed by atoms with E-state index in [1.165, 1.54) is 5.56 Å². The molecule has 0 aromatic heterocycles. The number of hydrogen-bond acceptors (Lipinski definition) is 3. The quantitative estimate of drug-likeness (QED) is 0.505. The van der Waals surface area contributed by atoms with E-state index in [0.29, 0.717) is 12.2 Å². The number of benzene rings is 3. The minimum absolute atomic E-state index is 0.0847. The van der Waals surface area contributed by atoms with Gasteiger partial charge in [0, 0.05) is 17.7 Å². The lowest BCUT2D eigenvalue weighted by Gasteiger charge is -2.16. The predicted molar refractivity (Wildman–Crippen MR) is 119 cm³/mol. The molecule has 0 atom stereocenters. The average Bonchev–Trinajstić information content (AvgIpc) is 2.76. The zero-order chi connectivity index (χ0) is 20.6. The Morgan fingerprint density at radius 1 is 1.03 bits per heavy atom. The van der Waals surface area contributed by atoms with Crippen molar-refractivity contribution in [3.05, 3.63) is 87.9 Å². The molecule has 0 fully saturated rings. The molecule has 4 nitrogen and oxygen atoms in total. The highest BCUT2D eigenvalue weighted by Gasteiger charge is 2.13. The van der Waals surface area contributed by atoms with Crippen molar-refractivity contribution in [2.45, 2.75) is 20.0 Å². The van der Waals surface area contributed by atoms with Gasteiger partial charge >= 0.3 is 0 Å². The van der Waals surface area contributed by atoms with E-state index in [0.717, 1.165) is 33.3 Å². The summed E-state index contributed by atoms with van der Waals surface area (Å²) in [7, 11) is 0. The maximum absolute atomic E-state index is 12.1. The number of carbonyl (C=O) groups is 1. The molecule has 0 bridgehead atoms. The number of ether oxygens (including phenoxy) is 1. The third-order valence-electron chi connectivity index (χ3n) is 4.63. The molecule has 0 aliphatic heterocycles. The summed E-state index contributed by atoms with van der Waals surface area (Å²) in [6.07, 6.45) is 0.938. The first kappa shape index (κ1) is 21.1. The third kappa shape index (κ3) is 5.25. The monoisotopic (exact) mass is 453 g/mol. The van der Waals surface area contributed by atoms with Crippen LogP contribution in [0.15, 0.2) is 71.2 Å². The molecule has 0 radical (unpaired) electrons. The number of aliphatic hydroxyl groups is 1. The van der Waals surface area contributed by atoms with Gasteiger partial charge in [-0.05, 0) is 57.2 Å². The number of hydrogen-bond donors (Lipinski definition) is 2. The van der Waals surface area contributed by atoms with E-state index in [9.17, 15) is 4.79 Å². The molecule has 0 saturated heterocycles. The van der Waals surface area contributed by atoms with Gasteiger partial charge in [0.15, 0.2) is 0 Å². The molecule has 3 aromatic rings. The highest BCUT2D eigenvalue weighted by molar-refractivity contribution is 9.10.